The number of nitro groups is 1. The fourth-order valence-electron chi connectivity index (χ4n) is 2.05. The number of aryl methyl sites for hydroxylation is 1. The van der Waals surface area contributed by atoms with E-state index in [0.29, 0.717) is 18.0 Å². The van der Waals surface area contributed by atoms with Crippen molar-refractivity contribution in [1.29, 1.82) is 0 Å². The standard InChI is InChI=1S/C15H12N2O3/c1-10-2-4-11(5-3-10)14-9-20-15-7-6-12(17(18)19)8-13(15)16-14/h2-8H,9H2,1H3. The van der Waals surface area contributed by atoms with E-state index in [1.165, 1.54) is 17.7 Å². The Morgan fingerprint density at radius 3 is 2.65 bits per heavy atom. The molecule has 1 aliphatic heterocycles. The van der Waals surface area contributed by atoms with Gasteiger partial charge in [-0.1, -0.05) is 29.8 Å². The number of rotatable bonds is 2. The minimum Gasteiger partial charge on any atom is -0.485 e. The Hall–Kier alpha value is -2.69. The van der Waals surface area contributed by atoms with Gasteiger partial charge in [-0.3, -0.25) is 10.1 Å². The smallest absolute Gasteiger partial charge is 0.271 e. The molecule has 2 aromatic carbocycles. The normalized spacial score (nSPS) is 13.2. The highest BCUT2D eigenvalue weighted by Gasteiger charge is 2.17. The highest BCUT2D eigenvalue weighted by Crippen LogP contribution is 2.34. The molecule has 0 unspecified atom stereocenters. The fraction of sp³-hybridized carbons (Fsp3) is 0.133. The first kappa shape index (κ1) is 12.3. The van der Waals surface area contributed by atoms with Gasteiger partial charge in [0.1, 0.15) is 18.0 Å². The Kier molecular flexibility index (Phi) is 2.95. The number of fused-ring (bicyclic) bond motifs is 1. The summed E-state index contributed by atoms with van der Waals surface area (Å²) in [7, 11) is 0. The minimum atomic E-state index is -0.435. The molecular weight excluding hydrogens is 256 g/mol. The van der Waals surface area contributed by atoms with Gasteiger partial charge in [-0.25, -0.2) is 4.99 Å². The van der Waals surface area contributed by atoms with E-state index in [9.17, 15) is 10.1 Å². The van der Waals surface area contributed by atoms with Gasteiger partial charge >= 0.3 is 0 Å². The van der Waals surface area contributed by atoms with Gasteiger partial charge in [0.15, 0.2) is 0 Å². The molecule has 1 aliphatic rings. The molecule has 0 saturated heterocycles. The third-order valence-electron chi connectivity index (χ3n) is 3.16. The molecule has 0 N–H and O–H groups in total. The molecule has 0 aliphatic carbocycles. The van der Waals surface area contributed by atoms with Crippen molar-refractivity contribution in [2.45, 2.75) is 6.92 Å². The first-order valence-corrected chi connectivity index (χ1v) is 6.19. The van der Waals surface area contributed by atoms with E-state index in [4.69, 9.17) is 4.74 Å². The summed E-state index contributed by atoms with van der Waals surface area (Å²) in [6.07, 6.45) is 0. The number of aliphatic imine (C=N–C) groups is 1. The van der Waals surface area contributed by atoms with Crippen LogP contribution in [0.4, 0.5) is 11.4 Å². The van der Waals surface area contributed by atoms with Gasteiger partial charge in [0.05, 0.1) is 10.6 Å². The van der Waals surface area contributed by atoms with Crippen molar-refractivity contribution in [3.63, 3.8) is 0 Å². The Bertz CT molecular complexity index is 706. The van der Waals surface area contributed by atoms with E-state index >= 15 is 0 Å². The highest BCUT2D eigenvalue weighted by molar-refractivity contribution is 6.04. The second-order valence-corrected chi connectivity index (χ2v) is 4.62. The predicted molar refractivity (Wildman–Crippen MR) is 76.0 cm³/mol. The lowest BCUT2D eigenvalue weighted by Crippen LogP contribution is -2.16. The maximum atomic E-state index is 10.8. The topological polar surface area (TPSA) is 64.7 Å². The zero-order valence-electron chi connectivity index (χ0n) is 10.9. The maximum absolute atomic E-state index is 10.8. The van der Waals surface area contributed by atoms with Crippen LogP contribution in [-0.2, 0) is 0 Å². The molecule has 100 valence electrons. The summed E-state index contributed by atoms with van der Waals surface area (Å²) in [5.41, 5.74) is 3.43. The first-order chi connectivity index (χ1) is 9.63. The molecule has 2 aromatic rings. The molecule has 0 radical (unpaired) electrons. The van der Waals surface area contributed by atoms with Gasteiger partial charge in [-0.05, 0) is 18.6 Å². The van der Waals surface area contributed by atoms with Crippen molar-refractivity contribution < 1.29 is 9.66 Å². The molecule has 0 aromatic heterocycles. The third kappa shape index (κ3) is 2.25. The van der Waals surface area contributed by atoms with Crippen LogP contribution in [0.1, 0.15) is 11.1 Å². The molecular formula is C15H12N2O3. The molecule has 0 atom stereocenters. The van der Waals surface area contributed by atoms with Gasteiger partial charge < -0.3 is 4.74 Å². The van der Waals surface area contributed by atoms with E-state index in [2.05, 4.69) is 4.99 Å². The Morgan fingerprint density at radius 1 is 1.20 bits per heavy atom. The first-order valence-electron chi connectivity index (χ1n) is 6.19. The zero-order valence-corrected chi connectivity index (χ0v) is 10.9. The lowest BCUT2D eigenvalue weighted by atomic mass is 10.1. The van der Waals surface area contributed by atoms with Crippen LogP contribution >= 0.6 is 0 Å². The van der Waals surface area contributed by atoms with Crippen molar-refractivity contribution in [2.75, 3.05) is 6.61 Å². The van der Waals surface area contributed by atoms with E-state index in [0.717, 1.165) is 11.3 Å². The van der Waals surface area contributed by atoms with Crippen LogP contribution in [0.3, 0.4) is 0 Å². The van der Waals surface area contributed by atoms with Crippen molar-refractivity contribution in [1.82, 2.24) is 0 Å². The molecule has 20 heavy (non-hydrogen) atoms. The summed E-state index contributed by atoms with van der Waals surface area (Å²) in [6.45, 7) is 2.38. The summed E-state index contributed by atoms with van der Waals surface area (Å²) >= 11 is 0. The van der Waals surface area contributed by atoms with Crippen LogP contribution in [0.25, 0.3) is 0 Å². The molecule has 0 saturated carbocycles. The average molecular weight is 268 g/mol. The minimum absolute atomic E-state index is 0.0151. The maximum Gasteiger partial charge on any atom is 0.271 e. The van der Waals surface area contributed by atoms with Crippen LogP contribution in [0.15, 0.2) is 47.5 Å². The molecule has 5 heteroatoms. The van der Waals surface area contributed by atoms with Crippen LogP contribution in [0.2, 0.25) is 0 Å². The van der Waals surface area contributed by atoms with Crippen molar-refractivity contribution in [2.24, 2.45) is 4.99 Å². The van der Waals surface area contributed by atoms with Crippen molar-refractivity contribution in [3.05, 3.63) is 63.7 Å². The van der Waals surface area contributed by atoms with Crippen LogP contribution < -0.4 is 4.74 Å². The van der Waals surface area contributed by atoms with Gasteiger partial charge in [0.2, 0.25) is 0 Å². The molecule has 0 spiro atoms. The summed E-state index contributed by atoms with van der Waals surface area (Å²) in [5, 5.41) is 10.8. The van der Waals surface area contributed by atoms with E-state index in [1.54, 1.807) is 6.07 Å². The molecule has 5 nitrogen and oxygen atoms in total. The monoisotopic (exact) mass is 268 g/mol. The molecule has 1 heterocycles. The zero-order chi connectivity index (χ0) is 14.1. The van der Waals surface area contributed by atoms with Gasteiger partial charge in [-0.15, -0.1) is 0 Å². The van der Waals surface area contributed by atoms with Gasteiger partial charge in [-0.2, -0.15) is 0 Å². The van der Waals surface area contributed by atoms with E-state index in [1.807, 2.05) is 31.2 Å². The summed E-state index contributed by atoms with van der Waals surface area (Å²) in [6, 6.07) is 12.4. The summed E-state index contributed by atoms with van der Waals surface area (Å²) in [4.78, 5) is 14.8. The Labute approximate surface area is 115 Å². The number of hydrogen-bond donors (Lipinski definition) is 0. The van der Waals surface area contributed by atoms with Crippen LogP contribution in [0, 0.1) is 17.0 Å². The number of non-ortho nitro benzene ring substituents is 1. The number of hydrogen-bond acceptors (Lipinski definition) is 4. The number of nitro benzene ring substituents is 1. The van der Waals surface area contributed by atoms with Crippen LogP contribution in [-0.4, -0.2) is 17.2 Å². The lowest BCUT2D eigenvalue weighted by Gasteiger charge is -2.17. The lowest BCUT2D eigenvalue weighted by molar-refractivity contribution is -0.384. The summed E-state index contributed by atoms with van der Waals surface area (Å²) in [5.74, 6) is 0.575. The fourth-order valence-corrected chi connectivity index (χ4v) is 2.05. The van der Waals surface area contributed by atoms with E-state index in [-0.39, 0.29) is 5.69 Å². The Balaban J connectivity index is 2.02. The van der Waals surface area contributed by atoms with Gasteiger partial charge in [0.25, 0.3) is 5.69 Å². The number of benzene rings is 2. The second kappa shape index (κ2) is 4.77. The van der Waals surface area contributed by atoms with Crippen molar-refractivity contribution in [3.8, 4) is 5.75 Å². The Morgan fingerprint density at radius 2 is 1.95 bits per heavy atom. The average Bonchev–Trinajstić information content (AvgIpc) is 2.47. The highest BCUT2D eigenvalue weighted by atomic mass is 16.6. The molecule has 0 bridgehead atoms. The third-order valence-corrected chi connectivity index (χ3v) is 3.16. The van der Waals surface area contributed by atoms with Crippen molar-refractivity contribution >= 4 is 17.1 Å². The predicted octanol–water partition coefficient (Wildman–Crippen LogP) is 3.42. The number of nitrogens with zero attached hydrogens (tertiary/aromatic N) is 2. The largest absolute Gasteiger partial charge is 0.485 e. The summed E-state index contributed by atoms with van der Waals surface area (Å²) < 4.78 is 5.60. The van der Waals surface area contributed by atoms with Crippen LogP contribution in [0.5, 0.6) is 5.75 Å². The van der Waals surface area contributed by atoms with Gasteiger partial charge in [0, 0.05) is 12.1 Å². The SMILES string of the molecule is Cc1ccc(C2=Nc3cc([N+](=O)[O-])ccc3OC2)cc1. The van der Waals surface area contributed by atoms with E-state index < -0.39 is 4.92 Å². The second-order valence-electron chi connectivity index (χ2n) is 4.62. The number of ether oxygens (including phenoxy) is 1. The molecule has 0 amide bonds. The molecule has 0 fully saturated rings. The molecule has 3 rings (SSSR count). The quantitative estimate of drug-likeness (QED) is 0.619.